The van der Waals surface area contributed by atoms with Crippen molar-refractivity contribution in [1.29, 1.82) is 0 Å². The van der Waals surface area contributed by atoms with Crippen molar-refractivity contribution in [3.8, 4) is 22.6 Å². The van der Waals surface area contributed by atoms with Gasteiger partial charge in [0.25, 0.3) is 0 Å². The van der Waals surface area contributed by atoms with Crippen LogP contribution in [0.15, 0.2) is 121 Å². The lowest BCUT2D eigenvalue weighted by atomic mass is 9.65. The van der Waals surface area contributed by atoms with Crippen LogP contribution in [-0.4, -0.2) is 63.1 Å². The minimum atomic E-state index is -0.641. The number of hydrogen-bond acceptors (Lipinski definition) is 6. The Balaban J connectivity index is 1.45. The van der Waals surface area contributed by atoms with Crippen molar-refractivity contribution in [2.75, 3.05) is 52.9 Å². The molecule has 0 heterocycles. The number of benzene rings is 6. The minimum absolute atomic E-state index is 0.0104. The summed E-state index contributed by atoms with van der Waals surface area (Å²) in [6.07, 6.45) is 0. The van der Waals surface area contributed by atoms with Gasteiger partial charge in [0.05, 0.1) is 45.1 Å². The molecular weight excluding hydrogens is 588 g/mol. The van der Waals surface area contributed by atoms with E-state index in [1.807, 2.05) is 12.1 Å². The van der Waals surface area contributed by atoms with E-state index >= 15 is 0 Å². The summed E-state index contributed by atoms with van der Waals surface area (Å²) in [5.41, 5.74) is 6.61. The second-order valence-electron chi connectivity index (χ2n) is 11.5. The third kappa shape index (κ3) is 5.53. The molecule has 0 radical (unpaired) electrons. The van der Waals surface area contributed by atoms with Crippen LogP contribution in [0.2, 0.25) is 0 Å². The zero-order valence-electron chi connectivity index (χ0n) is 26.2. The van der Waals surface area contributed by atoms with E-state index in [1.165, 1.54) is 33.4 Å². The maximum absolute atomic E-state index is 9.08. The molecule has 0 fully saturated rings. The van der Waals surface area contributed by atoms with Crippen LogP contribution in [0.3, 0.4) is 0 Å². The Bertz CT molecular complexity index is 1860. The molecule has 0 unspecified atom stereocenters. The maximum Gasteiger partial charge on any atom is 0.127 e. The van der Waals surface area contributed by atoms with Gasteiger partial charge >= 0.3 is 0 Å². The third-order valence-corrected chi connectivity index (χ3v) is 8.97. The fraction of sp³-hybridized carbons (Fsp3) is 0.220. The molecular formula is C41H38O6. The molecule has 1 aliphatic rings. The van der Waals surface area contributed by atoms with Crippen LogP contribution in [0.4, 0.5) is 0 Å². The first-order chi connectivity index (χ1) is 23.3. The molecule has 6 nitrogen and oxygen atoms in total. The Hall–Kier alpha value is -4.72. The van der Waals surface area contributed by atoms with Crippen molar-refractivity contribution >= 4 is 21.5 Å². The van der Waals surface area contributed by atoms with Crippen LogP contribution in [-0.2, 0) is 14.9 Å². The largest absolute Gasteiger partial charge is 0.491 e. The fourth-order valence-electron chi connectivity index (χ4n) is 7.18. The number of rotatable bonds is 14. The molecule has 0 aromatic heterocycles. The molecule has 1 aliphatic carbocycles. The number of ether oxygens (including phenoxy) is 4. The van der Waals surface area contributed by atoms with Gasteiger partial charge in [0, 0.05) is 10.8 Å². The second-order valence-corrected chi connectivity index (χ2v) is 11.5. The molecule has 2 N–H and O–H groups in total. The van der Waals surface area contributed by atoms with Crippen LogP contribution in [0, 0.1) is 0 Å². The molecule has 7 rings (SSSR count). The van der Waals surface area contributed by atoms with Gasteiger partial charge in [-0.1, -0.05) is 109 Å². The molecule has 0 saturated heterocycles. The zero-order chi connectivity index (χ0) is 32.1. The standard InChI is InChI=1S/C41H38O6/c42-21-23-44-25-27-46-39-19-7-11-31-33(39)13-5-17-37(31)41(35-15-3-1-9-29(35)30-10-2-4-16-36(30)41)38-18-6-14-34-32(38)12-8-20-40(34)47-28-26-45-24-22-43/h1-20,42-43H,21-28H2. The van der Waals surface area contributed by atoms with Crippen molar-refractivity contribution in [3.05, 3.63) is 144 Å². The summed E-state index contributed by atoms with van der Waals surface area (Å²) in [6.45, 7) is 2.13. The smallest absolute Gasteiger partial charge is 0.127 e. The SMILES string of the molecule is OCCOCCOc1cccc2c(C3(c4cccc5c(OCCOCCO)cccc45)c4ccccc4-c4ccccc43)cccc12. The molecule has 47 heavy (non-hydrogen) atoms. The van der Waals surface area contributed by atoms with Gasteiger partial charge in [-0.25, -0.2) is 0 Å². The van der Waals surface area contributed by atoms with Gasteiger partial charge in [-0.3, -0.25) is 0 Å². The Labute approximate surface area is 274 Å². The van der Waals surface area contributed by atoms with Crippen LogP contribution < -0.4 is 9.47 Å². The van der Waals surface area contributed by atoms with Gasteiger partial charge in [-0.15, -0.1) is 0 Å². The van der Waals surface area contributed by atoms with Gasteiger partial charge < -0.3 is 29.2 Å². The lowest BCUT2D eigenvalue weighted by Gasteiger charge is -2.36. The quantitative estimate of drug-likeness (QED) is 0.125. The average Bonchev–Trinajstić information content (AvgIpc) is 3.42. The lowest BCUT2D eigenvalue weighted by molar-refractivity contribution is 0.0708. The van der Waals surface area contributed by atoms with Crippen molar-refractivity contribution in [3.63, 3.8) is 0 Å². The van der Waals surface area contributed by atoms with Gasteiger partial charge in [0.15, 0.2) is 0 Å². The molecule has 6 heteroatoms. The monoisotopic (exact) mass is 626 g/mol. The average molecular weight is 627 g/mol. The molecule has 0 amide bonds. The highest BCUT2D eigenvalue weighted by molar-refractivity contribution is 6.00. The van der Waals surface area contributed by atoms with E-state index in [2.05, 4.69) is 109 Å². The summed E-state index contributed by atoms with van der Waals surface area (Å²) < 4.78 is 23.5. The maximum atomic E-state index is 9.08. The Kier molecular flexibility index (Phi) is 9.18. The van der Waals surface area contributed by atoms with Crippen molar-refractivity contribution in [2.24, 2.45) is 0 Å². The minimum Gasteiger partial charge on any atom is -0.491 e. The van der Waals surface area contributed by atoms with Crippen molar-refractivity contribution in [2.45, 2.75) is 5.41 Å². The van der Waals surface area contributed by atoms with E-state index in [4.69, 9.17) is 29.2 Å². The number of aliphatic hydroxyl groups is 2. The van der Waals surface area contributed by atoms with Crippen molar-refractivity contribution in [1.82, 2.24) is 0 Å². The molecule has 0 bridgehead atoms. The highest BCUT2D eigenvalue weighted by Gasteiger charge is 2.47. The van der Waals surface area contributed by atoms with Gasteiger partial charge in [0.1, 0.15) is 24.7 Å². The van der Waals surface area contributed by atoms with Crippen LogP contribution >= 0.6 is 0 Å². The number of hydrogen-bond donors (Lipinski definition) is 2. The summed E-state index contributed by atoms with van der Waals surface area (Å²) in [6, 6.07) is 43.0. The van der Waals surface area contributed by atoms with E-state index in [-0.39, 0.29) is 13.2 Å². The summed E-state index contributed by atoms with van der Waals surface area (Å²) in [5, 5.41) is 22.4. The van der Waals surface area contributed by atoms with E-state index in [0.717, 1.165) is 33.0 Å². The zero-order valence-corrected chi connectivity index (χ0v) is 26.2. The molecule has 0 aliphatic heterocycles. The normalized spacial score (nSPS) is 13.1. The van der Waals surface area contributed by atoms with Gasteiger partial charge in [-0.05, 0) is 56.3 Å². The van der Waals surface area contributed by atoms with E-state index < -0.39 is 5.41 Å². The highest BCUT2D eigenvalue weighted by Crippen LogP contribution is 2.58. The second kappa shape index (κ2) is 14.0. The molecule has 6 aromatic carbocycles. The predicted molar refractivity (Wildman–Crippen MR) is 186 cm³/mol. The Morgan fingerprint density at radius 2 is 0.787 bits per heavy atom. The topological polar surface area (TPSA) is 77.4 Å². The lowest BCUT2D eigenvalue weighted by Crippen LogP contribution is -2.29. The van der Waals surface area contributed by atoms with E-state index in [1.54, 1.807) is 0 Å². The molecule has 6 aromatic rings. The highest BCUT2D eigenvalue weighted by atomic mass is 16.5. The predicted octanol–water partition coefficient (Wildman–Crippen LogP) is 7.13. The van der Waals surface area contributed by atoms with E-state index in [9.17, 15) is 0 Å². The first-order valence-electron chi connectivity index (χ1n) is 16.2. The number of fused-ring (bicyclic) bond motifs is 5. The third-order valence-electron chi connectivity index (χ3n) is 8.97. The molecule has 0 saturated carbocycles. The number of aliphatic hydroxyl groups excluding tert-OH is 2. The van der Waals surface area contributed by atoms with Gasteiger partial charge in [0.2, 0.25) is 0 Å². The van der Waals surface area contributed by atoms with Crippen LogP contribution in [0.1, 0.15) is 22.3 Å². The Morgan fingerprint density at radius 3 is 1.26 bits per heavy atom. The summed E-state index contributed by atoms with van der Waals surface area (Å²) >= 11 is 0. The first kappa shape index (κ1) is 30.9. The first-order valence-corrected chi connectivity index (χ1v) is 16.2. The van der Waals surface area contributed by atoms with Crippen molar-refractivity contribution < 1.29 is 29.2 Å². The molecule has 0 atom stereocenters. The van der Waals surface area contributed by atoms with Gasteiger partial charge in [-0.2, -0.15) is 0 Å². The molecule has 0 spiro atoms. The van der Waals surface area contributed by atoms with E-state index in [0.29, 0.717) is 39.6 Å². The summed E-state index contributed by atoms with van der Waals surface area (Å²) in [5.74, 6) is 1.59. The Morgan fingerprint density at radius 1 is 0.383 bits per heavy atom. The fourth-order valence-corrected chi connectivity index (χ4v) is 7.18. The summed E-state index contributed by atoms with van der Waals surface area (Å²) in [7, 11) is 0. The molecule has 238 valence electrons. The van der Waals surface area contributed by atoms with Crippen LogP contribution in [0.5, 0.6) is 11.5 Å². The van der Waals surface area contributed by atoms with Crippen LogP contribution in [0.25, 0.3) is 32.7 Å². The summed E-state index contributed by atoms with van der Waals surface area (Å²) in [4.78, 5) is 0.